The predicted molar refractivity (Wildman–Crippen MR) is 78.5 cm³/mol. The highest BCUT2D eigenvalue weighted by molar-refractivity contribution is 6.31. The Kier molecular flexibility index (Phi) is 4.00. The highest BCUT2D eigenvalue weighted by atomic mass is 35.5. The third-order valence-electron chi connectivity index (χ3n) is 2.63. The second-order valence-electron chi connectivity index (χ2n) is 4.11. The second-order valence-corrected chi connectivity index (χ2v) is 4.55. The fourth-order valence-electron chi connectivity index (χ4n) is 1.68. The van der Waals surface area contributed by atoms with Gasteiger partial charge in [-0.3, -0.25) is 4.79 Å². The first-order valence-electron chi connectivity index (χ1n) is 5.74. The summed E-state index contributed by atoms with van der Waals surface area (Å²) in [4.78, 5) is 12.1. The van der Waals surface area contributed by atoms with Gasteiger partial charge in [0.2, 0.25) is 0 Å². The molecular formula is C14H13ClN2O3. The van der Waals surface area contributed by atoms with E-state index in [9.17, 15) is 9.90 Å². The van der Waals surface area contributed by atoms with Crippen molar-refractivity contribution in [1.82, 2.24) is 0 Å². The number of carbonyl (C=O) groups excluding carboxylic acids is 1. The Morgan fingerprint density at radius 1 is 1.30 bits per heavy atom. The van der Waals surface area contributed by atoms with Gasteiger partial charge in [-0.15, -0.1) is 0 Å². The van der Waals surface area contributed by atoms with E-state index in [4.69, 9.17) is 22.1 Å². The number of nitrogens with one attached hydrogen (secondary N) is 1. The average Bonchev–Trinajstić information content (AvgIpc) is 2.40. The maximum absolute atomic E-state index is 12.1. The first kappa shape index (κ1) is 14.0. The fraction of sp³-hybridized carbons (Fsp3) is 0.0714. The van der Waals surface area contributed by atoms with Gasteiger partial charge < -0.3 is 20.9 Å². The molecule has 0 radical (unpaired) electrons. The van der Waals surface area contributed by atoms with Crippen LogP contribution < -0.4 is 15.8 Å². The van der Waals surface area contributed by atoms with E-state index in [1.165, 1.54) is 31.4 Å². The number of phenolic OH excluding ortho intramolecular Hbond substituents is 1. The smallest absolute Gasteiger partial charge is 0.255 e. The van der Waals surface area contributed by atoms with Crippen molar-refractivity contribution < 1.29 is 14.6 Å². The van der Waals surface area contributed by atoms with Crippen molar-refractivity contribution in [2.45, 2.75) is 0 Å². The van der Waals surface area contributed by atoms with Gasteiger partial charge in [-0.25, -0.2) is 0 Å². The van der Waals surface area contributed by atoms with Crippen LogP contribution in [-0.2, 0) is 0 Å². The lowest BCUT2D eigenvalue weighted by molar-refractivity contribution is 0.102. The number of benzene rings is 2. The van der Waals surface area contributed by atoms with Crippen LogP contribution in [0.25, 0.3) is 0 Å². The largest absolute Gasteiger partial charge is 0.506 e. The van der Waals surface area contributed by atoms with Crippen LogP contribution >= 0.6 is 11.6 Å². The van der Waals surface area contributed by atoms with Crippen molar-refractivity contribution in [1.29, 1.82) is 0 Å². The third kappa shape index (κ3) is 3.13. The van der Waals surface area contributed by atoms with Crippen LogP contribution in [0.15, 0.2) is 36.4 Å². The van der Waals surface area contributed by atoms with E-state index >= 15 is 0 Å². The van der Waals surface area contributed by atoms with Crippen molar-refractivity contribution in [2.75, 3.05) is 18.2 Å². The lowest BCUT2D eigenvalue weighted by Crippen LogP contribution is -2.12. The van der Waals surface area contributed by atoms with Crippen LogP contribution in [0.2, 0.25) is 5.02 Å². The number of carbonyl (C=O) groups is 1. The summed E-state index contributed by atoms with van der Waals surface area (Å²) in [7, 11) is 1.50. The van der Waals surface area contributed by atoms with Crippen molar-refractivity contribution in [3.8, 4) is 11.5 Å². The average molecular weight is 293 g/mol. The zero-order valence-electron chi connectivity index (χ0n) is 10.7. The van der Waals surface area contributed by atoms with Gasteiger partial charge in [0, 0.05) is 22.3 Å². The molecule has 0 atom stereocenters. The summed E-state index contributed by atoms with van der Waals surface area (Å²) >= 11 is 5.85. The van der Waals surface area contributed by atoms with Crippen molar-refractivity contribution in [2.24, 2.45) is 0 Å². The van der Waals surface area contributed by atoms with Crippen LogP contribution in [0.1, 0.15) is 10.4 Å². The van der Waals surface area contributed by atoms with E-state index in [1.54, 1.807) is 12.1 Å². The molecule has 0 aromatic heterocycles. The molecule has 2 aromatic rings. The molecule has 20 heavy (non-hydrogen) atoms. The highest BCUT2D eigenvalue weighted by Crippen LogP contribution is 2.28. The second kappa shape index (κ2) is 5.71. The van der Waals surface area contributed by atoms with Gasteiger partial charge in [0.15, 0.2) is 0 Å². The van der Waals surface area contributed by atoms with E-state index < -0.39 is 5.91 Å². The molecule has 0 unspecified atom stereocenters. The molecule has 0 aliphatic heterocycles. The normalized spacial score (nSPS) is 10.1. The predicted octanol–water partition coefficient (Wildman–Crippen LogP) is 2.89. The molecule has 0 saturated carbocycles. The monoisotopic (exact) mass is 292 g/mol. The third-order valence-corrected chi connectivity index (χ3v) is 2.85. The van der Waals surface area contributed by atoms with Crippen LogP contribution in [-0.4, -0.2) is 18.1 Å². The first-order valence-corrected chi connectivity index (χ1v) is 6.12. The molecule has 2 aromatic carbocycles. The molecule has 2 rings (SSSR count). The quantitative estimate of drug-likeness (QED) is 0.600. The number of ether oxygens (including phenoxy) is 1. The zero-order valence-corrected chi connectivity index (χ0v) is 11.4. The number of nitrogen functional groups attached to an aromatic ring is 1. The molecule has 5 nitrogen and oxygen atoms in total. The molecule has 1 amide bonds. The highest BCUT2D eigenvalue weighted by Gasteiger charge is 2.11. The maximum Gasteiger partial charge on any atom is 0.255 e. The van der Waals surface area contributed by atoms with Crippen molar-refractivity contribution >= 4 is 28.9 Å². The van der Waals surface area contributed by atoms with Gasteiger partial charge >= 0.3 is 0 Å². The lowest BCUT2D eigenvalue weighted by atomic mass is 10.2. The minimum Gasteiger partial charge on any atom is -0.506 e. The van der Waals surface area contributed by atoms with E-state index in [1.807, 2.05) is 0 Å². The number of phenols is 1. The summed E-state index contributed by atoms with van der Waals surface area (Å²) in [5.41, 5.74) is 6.57. The van der Waals surface area contributed by atoms with Gasteiger partial charge in [-0.2, -0.15) is 0 Å². The number of hydrogen-bond acceptors (Lipinski definition) is 4. The number of halogens is 1. The van der Waals surface area contributed by atoms with Gasteiger partial charge in [-0.05, 0) is 30.3 Å². The standard InChI is InChI=1S/C14H13ClN2O3/c1-20-11-2-3-13(18)12(7-11)17-14(19)8-4-9(15)6-10(16)5-8/h2-7,18H,16H2,1H3,(H,17,19). The van der Waals surface area contributed by atoms with Gasteiger partial charge in [0.1, 0.15) is 11.5 Å². The Morgan fingerprint density at radius 3 is 2.70 bits per heavy atom. The number of aromatic hydroxyl groups is 1. The maximum atomic E-state index is 12.1. The van der Waals surface area contributed by atoms with Crippen molar-refractivity contribution in [3.63, 3.8) is 0 Å². The number of anilines is 2. The fourth-order valence-corrected chi connectivity index (χ4v) is 1.92. The minimum atomic E-state index is -0.428. The number of amides is 1. The molecule has 0 fully saturated rings. The van der Waals surface area contributed by atoms with E-state index in [0.29, 0.717) is 22.0 Å². The summed E-state index contributed by atoms with van der Waals surface area (Å²) in [6, 6.07) is 9.06. The Hall–Kier alpha value is -2.40. The molecule has 0 aliphatic rings. The van der Waals surface area contributed by atoms with Crippen LogP contribution in [0.4, 0.5) is 11.4 Å². The summed E-state index contributed by atoms with van der Waals surface area (Å²) in [6.45, 7) is 0. The molecular weight excluding hydrogens is 280 g/mol. The summed E-state index contributed by atoms with van der Waals surface area (Å²) in [6.07, 6.45) is 0. The summed E-state index contributed by atoms with van der Waals surface area (Å²) in [5, 5.41) is 12.7. The number of rotatable bonds is 3. The molecule has 0 bridgehead atoms. The number of nitrogens with two attached hydrogens (primary N) is 1. The van der Waals surface area contributed by atoms with Gasteiger partial charge in [0.05, 0.1) is 12.8 Å². The van der Waals surface area contributed by atoms with Crippen LogP contribution in [0.3, 0.4) is 0 Å². The SMILES string of the molecule is COc1ccc(O)c(NC(=O)c2cc(N)cc(Cl)c2)c1. The molecule has 6 heteroatoms. The number of hydrogen-bond donors (Lipinski definition) is 3. The molecule has 0 saturated heterocycles. The van der Waals surface area contributed by atoms with Crippen LogP contribution in [0.5, 0.6) is 11.5 Å². The van der Waals surface area contributed by atoms with E-state index in [2.05, 4.69) is 5.32 Å². The van der Waals surface area contributed by atoms with Gasteiger partial charge in [0.25, 0.3) is 5.91 Å². The summed E-state index contributed by atoms with van der Waals surface area (Å²) in [5.74, 6) is 0.0283. The Morgan fingerprint density at radius 2 is 2.05 bits per heavy atom. The molecule has 4 N–H and O–H groups in total. The minimum absolute atomic E-state index is 0.0610. The molecule has 0 heterocycles. The van der Waals surface area contributed by atoms with E-state index in [0.717, 1.165) is 0 Å². The Bertz CT molecular complexity index is 639. The first-order chi connectivity index (χ1) is 9.49. The number of methoxy groups -OCH3 is 1. The van der Waals surface area contributed by atoms with E-state index in [-0.39, 0.29) is 11.4 Å². The van der Waals surface area contributed by atoms with Gasteiger partial charge in [-0.1, -0.05) is 11.6 Å². The molecule has 104 valence electrons. The lowest BCUT2D eigenvalue weighted by Gasteiger charge is -2.09. The Balaban J connectivity index is 2.27. The Labute approximate surface area is 120 Å². The zero-order chi connectivity index (χ0) is 14.7. The molecule has 0 aliphatic carbocycles. The molecule has 0 spiro atoms. The van der Waals surface area contributed by atoms with Crippen LogP contribution in [0, 0.1) is 0 Å². The summed E-state index contributed by atoms with van der Waals surface area (Å²) < 4.78 is 5.03. The topological polar surface area (TPSA) is 84.6 Å². The van der Waals surface area contributed by atoms with Crippen molar-refractivity contribution in [3.05, 3.63) is 47.0 Å².